The van der Waals surface area contributed by atoms with E-state index >= 15 is 0 Å². The van der Waals surface area contributed by atoms with Gasteiger partial charge in [-0.3, -0.25) is 9.59 Å². The second-order valence-electron chi connectivity index (χ2n) is 9.69. The van der Waals surface area contributed by atoms with Crippen molar-refractivity contribution in [2.45, 2.75) is 71.3 Å². The first-order chi connectivity index (χ1) is 17.5. The molecule has 1 aromatic heterocycles. The van der Waals surface area contributed by atoms with E-state index in [0.717, 1.165) is 16.5 Å². The summed E-state index contributed by atoms with van der Waals surface area (Å²) in [5.74, 6) is -4.51. The second kappa shape index (κ2) is 14.4. The van der Waals surface area contributed by atoms with Crippen LogP contribution in [0.15, 0.2) is 30.5 Å². The van der Waals surface area contributed by atoms with Crippen molar-refractivity contribution in [3.05, 3.63) is 36.0 Å². The van der Waals surface area contributed by atoms with Gasteiger partial charge in [-0.25, -0.2) is 9.59 Å². The van der Waals surface area contributed by atoms with Gasteiger partial charge in [0, 0.05) is 23.5 Å². The minimum atomic E-state index is -5.08. The summed E-state index contributed by atoms with van der Waals surface area (Å²) >= 11 is 0. The van der Waals surface area contributed by atoms with E-state index in [9.17, 15) is 32.7 Å². The number of benzene rings is 1. The lowest BCUT2D eigenvalue weighted by atomic mass is 10.00. The predicted molar refractivity (Wildman–Crippen MR) is 134 cm³/mol. The van der Waals surface area contributed by atoms with Gasteiger partial charge in [0.25, 0.3) is 0 Å². The maximum Gasteiger partial charge on any atom is 0.490 e. The van der Waals surface area contributed by atoms with Crippen molar-refractivity contribution in [3.8, 4) is 0 Å². The molecule has 0 aliphatic carbocycles. The van der Waals surface area contributed by atoms with E-state index in [1.54, 1.807) is 6.20 Å². The molecule has 2 rings (SSSR count). The van der Waals surface area contributed by atoms with E-state index in [0.29, 0.717) is 12.8 Å². The molecule has 0 fully saturated rings. The van der Waals surface area contributed by atoms with Crippen LogP contribution in [0.3, 0.4) is 0 Å². The van der Waals surface area contributed by atoms with Gasteiger partial charge in [0.15, 0.2) is 0 Å². The first-order valence-corrected chi connectivity index (χ1v) is 12.0. The van der Waals surface area contributed by atoms with Crippen LogP contribution in [0.25, 0.3) is 10.9 Å². The SMILES string of the molecule is CC(C)C[C@H](NC(=O)[C@H](Cc1c[nH]c2ccccc12)NC(=O)[C@@H](N)CC(C)C)C(=O)O.O=C(O)C(F)(F)F. The third kappa shape index (κ3) is 10.8. The van der Waals surface area contributed by atoms with E-state index in [2.05, 4.69) is 15.6 Å². The summed E-state index contributed by atoms with van der Waals surface area (Å²) in [7, 11) is 0. The Labute approximate surface area is 218 Å². The van der Waals surface area contributed by atoms with Crippen molar-refractivity contribution in [2.75, 3.05) is 0 Å². The summed E-state index contributed by atoms with van der Waals surface area (Å²) in [5, 5.41) is 22.9. The summed E-state index contributed by atoms with van der Waals surface area (Å²) in [4.78, 5) is 49.3. The Morgan fingerprint density at radius 1 is 0.921 bits per heavy atom. The van der Waals surface area contributed by atoms with Gasteiger partial charge in [0.2, 0.25) is 11.8 Å². The molecule has 0 saturated carbocycles. The van der Waals surface area contributed by atoms with Crippen molar-refractivity contribution in [1.29, 1.82) is 0 Å². The number of H-pyrrole nitrogens is 1. The molecule has 1 heterocycles. The molecule has 2 aromatic rings. The normalized spacial score (nSPS) is 13.8. The largest absolute Gasteiger partial charge is 0.490 e. The number of rotatable bonds is 11. The molecule has 3 atom stereocenters. The number of nitrogens with one attached hydrogen (secondary N) is 3. The zero-order valence-electron chi connectivity index (χ0n) is 21.6. The third-order valence-electron chi connectivity index (χ3n) is 5.36. The molecule has 38 heavy (non-hydrogen) atoms. The number of amides is 2. The average Bonchev–Trinajstić information content (AvgIpc) is 3.19. The number of carboxylic acids is 2. The van der Waals surface area contributed by atoms with Gasteiger partial charge >= 0.3 is 18.1 Å². The lowest BCUT2D eigenvalue weighted by molar-refractivity contribution is -0.192. The summed E-state index contributed by atoms with van der Waals surface area (Å²) in [5.41, 5.74) is 7.77. The van der Waals surface area contributed by atoms with Crippen LogP contribution in [0.5, 0.6) is 0 Å². The molecular formula is C25H35F3N4O6. The molecule has 0 bridgehead atoms. The highest BCUT2D eigenvalue weighted by molar-refractivity contribution is 5.93. The average molecular weight is 545 g/mol. The van der Waals surface area contributed by atoms with Crippen molar-refractivity contribution in [3.63, 3.8) is 0 Å². The summed E-state index contributed by atoms with van der Waals surface area (Å²) < 4.78 is 31.7. The molecule has 0 saturated heterocycles. The Morgan fingerprint density at radius 2 is 1.45 bits per heavy atom. The second-order valence-corrected chi connectivity index (χ2v) is 9.69. The fraction of sp³-hybridized carbons (Fsp3) is 0.520. The number of para-hydroxylation sites is 1. The number of hydrogen-bond donors (Lipinski definition) is 6. The van der Waals surface area contributed by atoms with Crippen LogP contribution in [0.2, 0.25) is 0 Å². The van der Waals surface area contributed by atoms with Gasteiger partial charge in [-0.2, -0.15) is 13.2 Å². The zero-order chi connectivity index (χ0) is 29.2. The van der Waals surface area contributed by atoms with Gasteiger partial charge in [-0.05, 0) is 36.3 Å². The number of carboxylic acid groups (broad SMARTS) is 2. The minimum Gasteiger partial charge on any atom is -0.480 e. The zero-order valence-corrected chi connectivity index (χ0v) is 21.6. The molecule has 0 spiro atoms. The van der Waals surface area contributed by atoms with Crippen molar-refractivity contribution < 1.29 is 42.6 Å². The molecule has 2 amide bonds. The summed E-state index contributed by atoms with van der Waals surface area (Å²) in [6.07, 6.45) is -2.29. The molecule has 0 aliphatic heterocycles. The van der Waals surface area contributed by atoms with Gasteiger partial charge in [0.05, 0.1) is 6.04 Å². The standard InChI is InChI=1S/C23H34N4O4.C2HF3O2/c1-13(2)9-17(24)21(28)26-19(22(29)27-20(23(30)31)10-14(3)4)11-15-12-25-18-8-6-5-7-16(15)18;3-2(4,5)1(6)7/h5-8,12-14,17,19-20,25H,9-11,24H2,1-4H3,(H,26,28)(H,27,29)(H,30,31);(H,6,7)/t17-,19-,20-;/m0./s1. The highest BCUT2D eigenvalue weighted by Gasteiger charge is 2.38. The Kier molecular flexibility index (Phi) is 12.3. The van der Waals surface area contributed by atoms with E-state index in [4.69, 9.17) is 15.6 Å². The summed E-state index contributed by atoms with van der Waals surface area (Å²) in [6, 6.07) is 4.94. The maximum atomic E-state index is 13.0. The first-order valence-electron chi connectivity index (χ1n) is 12.0. The molecule has 7 N–H and O–H groups in total. The van der Waals surface area contributed by atoms with E-state index in [1.807, 2.05) is 52.0 Å². The highest BCUT2D eigenvalue weighted by Crippen LogP contribution is 2.19. The first kappa shape index (κ1) is 32.4. The molecule has 10 nitrogen and oxygen atoms in total. The Balaban J connectivity index is 0.000000905. The number of aromatic nitrogens is 1. The predicted octanol–water partition coefficient (Wildman–Crippen LogP) is 2.82. The molecule has 13 heteroatoms. The number of alkyl halides is 3. The van der Waals surface area contributed by atoms with Gasteiger partial charge in [-0.1, -0.05) is 45.9 Å². The Hall–Kier alpha value is -3.61. The van der Waals surface area contributed by atoms with Crippen LogP contribution in [0.4, 0.5) is 13.2 Å². The maximum absolute atomic E-state index is 13.0. The molecule has 0 radical (unpaired) electrons. The number of carbonyl (C=O) groups excluding carboxylic acids is 2. The number of halogens is 3. The lowest BCUT2D eigenvalue weighted by Crippen LogP contribution is -2.55. The lowest BCUT2D eigenvalue weighted by Gasteiger charge is -2.24. The van der Waals surface area contributed by atoms with Gasteiger partial charge < -0.3 is 31.6 Å². The van der Waals surface area contributed by atoms with Crippen LogP contribution in [0.1, 0.15) is 46.1 Å². The number of aliphatic carboxylic acids is 2. The quantitative estimate of drug-likeness (QED) is 0.252. The number of nitrogens with two attached hydrogens (primary N) is 1. The van der Waals surface area contributed by atoms with Crippen molar-refractivity contribution >= 4 is 34.7 Å². The van der Waals surface area contributed by atoms with E-state index in [1.165, 1.54) is 0 Å². The molecule has 212 valence electrons. The van der Waals surface area contributed by atoms with Crippen LogP contribution in [-0.2, 0) is 25.6 Å². The minimum absolute atomic E-state index is 0.0857. The van der Waals surface area contributed by atoms with Crippen LogP contribution >= 0.6 is 0 Å². The topological polar surface area (TPSA) is 175 Å². The van der Waals surface area contributed by atoms with Crippen LogP contribution < -0.4 is 16.4 Å². The molecule has 1 aromatic carbocycles. The number of aromatic amines is 1. The van der Waals surface area contributed by atoms with Gasteiger partial charge in [-0.15, -0.1) is 0 Å². The van der Waals surface area contributed by atoms with E-state index < -0.39 is 48.1 Å². The smallest absolute Gasteiger partial charge is 0.480 e. The van der Waals surface area contributed by atoms with Crippen molar-refractivity contribution in [1.82, 2.24) is 15.6 Å². The number of carbonyl (C=O) groups is 4. The third-order valence-corrected chi connectivity index (χ3v) is 5.36. The van der Waals surface area contributed by atoms with Crippen LogP contribution in [0, 0.1) is 11.8 Å². The van der Waals surface area contributed by atoms with E-state index in [-0.39, 0.29) is 18.3 Å². The Morgan fingerprint density at radius 3 is 1.95 bits per heavy atom. The van der Waals surface area contributed by atoms with Gasteiger partial charge in [0.1, 0.15) is 12.1 Å². The van der Waals surface area contributed by atoms with Crippen molar-refractivity contribution in [2.24, 2.45) is 17.6 Å². The molecule has 0 aliphatic rings. The fourth-order valence-corrected chi connectivity index (χ4v) is 3.59. The number of hydrogen-bond acceptors (Lipinski definition) is 5. The fourth-order valence-electron chi connectivity index (χ4n) is 3.59. The van der Waals surface area contributed by atoms with Crippen LogP contribution in [-0.4, -0.2) is 63.3 Å². The molecular weight excluding hydrogens is 509 g/mol. The summed E-state index contributed by atoms with van der Waals surface area (Å²) in [6.45, 7) is 7.70. The molecule has 0 unspecified atom stereocenters. The number of fused-ring (bicyclic) bond motifs is 1. The highest BCUT2D eigenvalue weighted by atomic mass is 19.4. The Bertz CT molecular complexity index is 1100. The monoisotopic (exact) mass is 544 g/mol.